The van der Waals surface area contributed by atoms with Gasteiger partial charge in [-0.15, -0.1) is 0 Å². The van der Waals surface area contributed by atoms with E-state index in [-0.39, 0.29) is 6.04 Å². The number of hydrogen-bond acceptors (Lipinski definition) is 3. The molecule has 0 amide bonds. The second kappa shape index (κ2) is 4.49. The maximum Gasteiger partial charge on any atom is 0.161 e. The van der Waals surface area contributed by atoms with Gasteiger partial charge in [0.15, 0.2) is 11.6 Å². The zero-order valence-corrected chi connectivity index (χ0v) is 10.1. The van der Waals surface area contributed by atoms with Crippen LogP contribution in [0.3, 0.4) is 0 Å². The van der Waals surface area contributed by atoms with Crippen molar-refractivity contribution in [1.29, 1.82) is 0 Å². The van der Waals surface area contributed by atoms with Gasteiger partial charge in [-0.3, -0.25) is 0 Å². The van der Waals surface area contributed by atoms with Crippen LogP contribution in [0, 0.1) is 11.6 Å². The minimum Gasteiger partial charge on any atom is -0.397 e. The van der Waals surface area contributed by atoms with Gasteiger partial charge in [-0.2, -0.15) is 0 Å². The lowest BCUT2D eigenvalue weighted by atomic mass is 10.1. The summed E-state index contributed by atoms with van der Waals surface area (Å²) in [6.07, 6.45) is 0. The van der Waals surface area contributed by atoms with E-state index >= 15 is 0 Å². The van der Waals surface area contributed by atoms with Crippen LogP contribution >= 0.6 is 0 Å². The molecule has 5 heteroatoms. The van der Waals surface area contributed by atoms with Crippen molar-refractivity contribution in [2.24, 2.45) is 0 Å². The van der Waals surface area contributed by atoms with Gasteiger partial charge in [-0.25, -0.2) is 8.78 Å². The van der Waals surface area contributed by atoms with Crippen LogP contribution < -0.4 is 10.6 Å². The van der Waals surface area contributed by atoms with E-state index < -0.39 is 11.6 Å². The van der Waals surface area contributed by atoms with Gasteiger partial charge < -0.3 is 15.5 Å². The lowest BCUT2D eigenvalue weighted by molar-refractivity contribution is 0.275. The first-order valence-corrected chi connectivity index (χ1v) is 5.68. The number of halogens is 2. The molecule has 94 valence electrons. The predicted molar refractivity (Wildman–Crippen MR) is 65.1 cm³/mol. The maximum absolute atomic E-state index is 13.3. The van der Waals surface area contributed by atoms with Crippen molar-refractivity contribution >= 4 is 11.4 Å². The van der Waals surface area contributed by atoms with Crippen LogP contribution in [0.2, 0.25) is 0 Å². The molecule has 0 aromatic heterocycles. The molecular weight excluding hydrogens is 224 g/mol. The van der Waals surface area contributed by atoms with Crippen molar-refractivity contribution < 1.29 is 8.78 Å². The first kappa shape index (κ1) is 12.1. The molecule has 1 aliphatic heterocycles. The van der Waals surface area contributed by atoms with Gasteiger partial charge in [0, 0.05) is 37.8 Å². The Bertz CT molecular complexity index is 422. The molecule has 0 bridgehead atoms. The molecule has 0 saturated carbocycles. The lowest BCUT2D eigenvalue weighted by Crippen LogP contribution is -2.50. The van der Waals surface area contributed by atoms with Crippen molar-refractivity contribution in [3.8, 4) is 0 Å². The summed E-state index contributed by atoms with van der Waals surface area (Å²) in [5.41, 5.74) is 6.64. The highest BCUT2D eigenvalue weighted by Crippen LogP contribution is 2.28. The van der Waals surface area contributed by atoms with Gasteiger partial charge in [0.05, 0.1) is 11.4 Å². The SMILES string of the molecule is CC1CN(C)CCN1c1cc(F)c(F)cc1N. The molecule has 1 aromatic carbocycles. The molecule has 1 atom stereocenters. The Hall–Kier alpha value is -1.36. The zero-order valence-electron chi connectivity index (χ0n) is 10.1. The van der Waals surface area contributed by atoms with Gasteiger partial charge in [-0.1, -0.05) is 0 Å². The summed E-state index contributed by atoms with van der Waals surface area (Å²) in [6.45, 7) is 4.60. The van der Waals surface area contributed by atoms with E-state index in [1.165, 1.54) is 6.07 Å². The van der Waals surface area contributed by atoms with Crippen molar-refractivity contribution in [2.45, 2.75) is 13.0 Å². The number of benzene rings is 1. The second-order valence-corrected chi connectivity index (χ2v) is 4.63. The van der Waals surface area contributed by atoms with Crippen LogP contribution in [-0.4, -0.2) is 37.6 Å². The molecule has 2 N–H and O–H groups in total. The van der Waals surface area contributed by atoms with Gasteiger partial charge in [-0.05, 0) is 14.0 Å². The number of likely N-dealkylation sites (N-methyl/N-ethyl adjacent to an activating group) is 1. The molecule has 17 heavy (non-hydrogen) atoms. The zero-order chi connectivity index (χ0) is 12.6. The number of piperazine rings is 1. The molecule has 1 aromatic rings. The summed E-state index contributed by atoms with van der Waals surface area (Å²) in [7, 11) is 2.04. The van der Waals surface area contributed by atoms with Gasteiger partial charge in [0.1, 0.15) is 0 Å². The molecule has 0 radical (unpaired) electrons. The lowest BCUT2D eigenvalue weighted by Gasteiger charge is -2.40. The smallest absolute Gasteiger partial charge is 0.161 e. The molecule has 2 rings (SSSR count). The van der Waals surface area contributed by atoms with Crippen molar-refractivity contribution in [2.75, 3.05) is 37.3 Å². The Labute approximate surface area is 99.8 Å². The Morgan fingerprint density at radius 1 is 1.24 bits per heavy atom. The van der Waals surface area contributed by atoms with Crippen LogP contribution in [0.25, 0.3) is 0 Å². The Morgan fingerprint density at radius 2 is 1.88 bits per heavy atom. The topological polar surface area (TPSA) is 32.5 Å². The van der Waals surface area contributed by atoms with Crippen molar-refractivity contribution in [1.82, 2.24) is 4.90 Å². The van der Waals surface area contributed by atoms with Crippen LogP contribution in [0.5, 0.6) is 0 Å². The summed E-state index contributed by atoms with van der Waals surface area (Å²) in [4.78, 5) is 4.23. The van der Waals surface area contributed by atoms with Crippen LogP contribution in [0.1, 0.15) is 6.92 Å². The predicted octanol–water partition coefficient (Wildman–Crippen LogP) is 1.69. The standard InChI is InChI=1S/C12H17F2N3/c1-8-7-16(2)3-4-17(8)12-6-10(14)9(13)5-11(12)15/h5-6,8H,3-4,7,15H2,1-2H3. The van der Waals surface area contributed by atoms with Crippen LogP contribution in [0.15, 0.2) is 12.1 Å². The molecular formula is C12H17F2N3. The number of nitrogens with two attached hydrogens (primary N) is 1. The van der Waals surface area contributed by atoms with E-state index in [0.717, 1.165) is 25.7 Å². The summed E-state index contributed by atoms with van der Waals surface area (Å²) in [5, 5.41) is 0. The minimum atomic E-state index is -0.895. The summed E-state index contributed by atoms with van der Waals surface area (Å²) < 4.78 is 26.3. The van der Waals surface area contributed by atoms with Crippen LogP contribution in [0.4, 0.5) is 20.2 Å². The summed E-state index contributed by atoms with van der Waals surface area (Å²) in [5.74, 6) is -1.74. The quantitative estimate of drug-likeness (QED) is 0.759. The molecule has 1 aliphatic rings. The van der Waals surface area contributed by atoms with E-state index in [9.17, 15) is 8.78 Å². The molecule has 0 spiro atoms. The fraction of sp³-hybridized carbons (Fsp3) is 0.500. The third-order valence-electron chi connectivity index (χ3n) is 3.21. The molecule has 1 heterocycles. The molecule has 1 unspecified atom stereocenters. The first-order valence-electron chi connectivity index (χ1n) is 5.68. The Kier molecular flexibility index (Phi) is 3.19. The minimum absolute atomic E-state index is 0.237. The fourth-order valence-corrected chi connectivity index (χ4v) is 2.30. The molecule has 1 fully saturated rings. The third-order valence-corrected chi connectivity index (χ3v) is 3.21. The van der Waals surface area contributed by atoms with E-state index in [4.69, 9.17) is 5.73 Å². The first-order chi connectivity index (χ1) is 7.99. The Balaban J connectivity index is 2.31. The van der Waals surface area contributed by atoms with Crippen LogP contribution in [-0.2, 0) is 0 Å². The molecule has 3 nitrogen and oxygen atoms in total. The Morgan fingerprint density at radius 3 is 2.53 bits per heavy atom. The number of rotatable bonds is 1. The van der Waals surface area contributed by atoms with E-state index in [1.54, 1.807) is 0 Å². The highest BCUT2D eigenvalue weighted by Gasteiger charge is 2.24. The highest BCUT2D eigenvalue weighted by atomic mass is 19.2. The van der Waals surface area contributed by atoms with Gasteiger partial charge in [0.25, 0.3) is 0 Å². The maximum atomic E-state index is 13.3. The average Bonchev–Trinajstić information content (AvgIpc) is 2.24. The molecule has 1 saturated heterocycles. The van der Waals surface area contributed by atoms with E-state index in [2.05, 4.69) is 11.8 Å². The monoisotopic (exact) mass is 241 g/mol. The number of hydrogen-bond donors (Lipinski definition) is 1. The van der Waals surface area contributed by atoms with Gasteiger partial charge >= 0.3 is 0 Å². The largest absolute Gasteiger partial charge is 0.397 e. The summed E-state index contributed by atoms with van der Waals surface area (Å²) >= 11 is 0. The summed E-state index contributed by atoms with van der Waals surface area (Å²) in [6, 6.07) is 2.48. The third kappa shape index (κ3) is 2.34. The van der Waals surface area contributed by atoms with E-state index in [0.29, 0.717) is 11.4 Å². The average molecular weight is 241 g/mol. The second-order valence-electron chi connectivity index (χ2n) is 4.63. The normalized spacial score (nSPS) is 21.9. The highest BCUT2D eigenvalue weighted by molar-refractivity contribution is 5.68. The van der Waals surface area contributed by atoms with Crippen molar-refractivity contribution in [3.63, 3.8) is 0 Å². The fourth-order valence-electron chi connectivity index (χ4n) is 2.30. The number of nitrogen functional groups attached to an aromatic ring is 1. The van der Waals surface area contributed by atoms with Gasteiger partial charge in [0.2, 0.25) is 0 Å². The van der Waals surface area contributed by atoms with E-state index in [1.807, 2.05) is 11.9 Å². The van der Waals surface area contributed by atoms with Crippen molar-refractivity contribution in [3.05, 3.63) is 23.8 Å². The molecule has 0 aliphatic carbocycles. The number of anilines is 2. The number of nitrogens with zero attached hydrogens (tertiary/aromatic N) is 2.